The smallest absolute Gasteiger partial charge is 0.147 e. The van der Waals surface area contributed by atoms with Crippen molar-refractivity contribution in [1.82, 2.24) is 10.1 Å². The van der Waals surface area contributed by atoms with Crippen molar-refractivity contribution in [3.63, 3.8) is 0 Å². The summed E-state index contributed by atoms with van der Waals surface area (Å²) in [5.41, 5.74) is 0.863. The lowest BCUT2D eigenvalue weighted by Gasteiger charge is -2.17. The highest BCUT2D eigenvalue weighted by Gasteiger charge is 2.09. The number of hydrogen-bond donors (Lipinski definition) is 0. The van der Waals surface area contributed by atoms with Gasteiger partial charge in [0, 0.05) is 19.3 Å². The maximum atomic E-state index is 6.04. The summed E-state index contributed by atoms with van der Waals surface area (Å²) in [7, 11) is 1.91. The largest absolute Gasteiger partial charge is 0.361 e. The number of anilines is 1. The lowest BCUT2D eigenvalue weighted by molar-refractivity contribution is 0.390. The van der Waals surface area contributed by atoms with Crippen LogP contribution < -0.4 is 4.90 Å². The standard InChI is InChI=1S/C11H12ClN3O/c1-8-6-9(14-16-8)7-15(2)11-10(12)4-3-5-13-11/h3-6H,7H2,1-2H3. The second kappa shape index (κ2) is 4.53. The average molecular weight is 238 g/mol. The van der Waals surface area contributed by atoms with Gasteiger partial charge < -0.3 is 9.42 Å². The molecule has 0 aliphatic heterocycles. The van der Waals surface area contributed by atoms with Gasteiger partial charge in [-0.25, -0.2) is 4.98 Å². The van der Waals surface area contributed by atoms with E-state index < -0.39 is 0 Å². The fourth-order valence-corrected chi connectivity index (χ4v) is 1.73. The fourth-order valence-electron chi connectivity index (χ4n) is 1.47. The number of pyridine rings is 1. The summed E-state index contributed by atoms with van der Waals surface area (Å²) in [5.74, 6) is 1.54. The predicted molar refractivity (Wildman–Crippen MR) is 62.6 cm³/mol. The molecule has 0 unspecified atom stereocenters. The molecule has 0 atom stereocenters. The van der Waals surface area contributed by atoms with E-state index in [1.165, 1.54) is 0 Å². The van der Waals surface area contributed by atoms with Crippen LogP contribution in [-0.2, 0) is 6.54 Å². The molecule has 0 N–H and O–H groups in total. The van der Waals surface area contributed by atoms with E-state index in [1.807, 2.05) is 31.0 Å². The molecule has 2 aromatic heterocycles. The number of aryl methyl sites for hydroxylation is 1. The first-order valence-corrected chi connectivity index (χ1v) is 5.28. The monoisotopic (exact) mass is 237 g/mol. The molecular weight excluding hydrogens is 226 g/mol. The molecule has 2 aromatic rings. The summed E-state index contributed by atoms with van der Waals surface area (Å²) >= 11 is 6.04. The van der Waals surface area contributed by atoms with E-state index in [2.05, 4.69) is 10.1 Å². The number of nitrogens with zero attached hydrogens (tertiary/aromatic N) is 3. The van der Waals surface area contributed by atoms with Crippen LogP contribution in [0.1, 0.15) is 11.5 Å². The molecule has 0 amide bonds. The van der Waals surface area contributed by atoms with Crippen LogP contribution in [0.25, 0.3) is 0 Å². The molecule has 2 heterocycles. The van der Waals surface area contributed by atoms with Crippen molar-refractivity contribution in [2.45, 2.75) is 13.5 Å². The van der Waals surface area contributed by atoms with Gasteiger partial charge in [-0.1, -0.05) is 16.8 Å². The minimum Gasteiger partial charge on any atom is -0.361 e. The van der Waals surface area contributed by atoms with Crippen LogP contribution in [0.5, 0.6) is 0 Å². The fraction of sp³-hybridized carbons (Fsp3) is 0.273. The molecule has 0 radical (unpaired) electrons. The van der Waals surface area contributed by atoms with E-state index in [0.717, 1.165) is 17.3 Å². The maximum absolute atomic E-state index is 6.04. The summed E-state index contributed by atoms with van der Waals surface area (Å²) in [4.78, 5) is 6.15. The van der Waals surface area contributed by atoms with Crippen LogP contribution in [0.15, 0.2) is 28.9 Å². The quantitative estimate of drug-likeness (QED) is 0.823. The van der Waals surface area contributed by atoms with Crippen molar-refractivity contribution in [2.24, 2.45) is 0 Å². The van der Waals surface area contributed by atoms with Crippen molar-refractivity contribution in [2.75, 3.05) is 11.9 Å². The second-order valence-electron chi connectivity index (χ2n) is 3.59. The Bertz CT molecular complexity index is 484. The summed E-state index contributed by atoms with van der Waals surface area (Å²) in [6.45, 7) is 2.48. The molecule has 4 nitrogen and oxygen atoms in total. The zero-order valence-electron chi connectivity index (χ0n) is 9.14. The zero-order chi connectivity index (χ0) is 11.5. The van der Waals surface area contributed by atoms with E-state index in [0.29, 0.717) is 11.6 Å². The minimum absolute atomic E-state index is 0.619. The zero-order valence-corrected chi connectivity index (χ0v) is 9.90. The lowest BCUT2D eigenvalue weighted by atomic mass is 10.3. The van der Waals surface area contributed by atoms with Crippen LogP contribution in [0.4, 0.5) is 5.82 Å². The van der Waals surface area contributed by atoms with Crippen molar-refractivity contribution in [3.8, 4) is 0 Å². The van der Waals surface area contributed by atoms with Crippen molar-refractivity contribution < 1.29 is 4.52 Å². The Labute approximate surface area is 98.8 Å². The molecule has 0 fully saturated rings. The van der Waals surface area contributed by atoms with Gasteiger partial charge in [-0.3, -0.25) is 0 Å². The Hall–Kier alpha value is -1.55. The highest BCUT2D eigenvalue weighted by Crippen LogP contribution is 2.22. The van der Waals surface area contributed by atoms with Crippen LogP contribution in [0, 0.1) is 6.92 Å². The molecule has 0 saturated heterocycles. The second-order valence-corrected chi connectivity index (χ2v) is 4.00. The third-order valence-corrected chi connectivity index (χ3v) is 2.47. The van der Waals surface area contributed by atoms with Gasteiger partial charge in [0.15, 0.2) is 0 Å². The summed E-state index contributed by atoms with van der Waals surface area (Å²) in [5, 5.41) is 4.55. The average Bonchev–Trinajstić information content (AvgIpc) is 2.64. The Morgan fingerprint density at radius 1 is 1.50 bits per heavy atom. The highest BCUT2D eigenvalue weighted by atomic mass is 35.5. The molecule has 0 aliphatic rings. The van der Waals surface area contributed by atoms with E-state index in [-0.39, 0.29) is 0 Å². The first kappa shape index (κ1) is 11.0. The van der Waals surface area contributed by atoms with Crippen molar-refractivity contribution >= 4 is 17.4 Å². The first-order valence-electron chi connectivity index (χ1n) is 4.90. The third kappa shape index (κ3) is 2.33. The van der Waals surface area contributed by atoms with Gasteiger partial charge in [-0.15, -0.1) is 0 Å². The molecule has 0 bridgehead atoms. The predicted octanol–water partition coefficient (Wildman–Crippen LogP) is 2.67. The first-order chi connectivity index (χ1) is 7.66. The Kier molecular flexibility index (Phi) is 3.10. The molecular formula is C11H12ClN3O. The Morgan fingerprint density at radius 2 is 2.31 bits per heavy atom. The van der Waals surface area contributed by atoms with E-state index in [4.69, 9.17) is 16.1 Å². The SMILES string of the molecule is Cc1cc(CN(C)c2ncccc2Cl)no1. The molecule has 0 aromatic carbocycles. The molecule has 0 saturated carbocycles. The summed E-state index contributed by atoms with van der Waals surface area (Å²) in [6.07, 6.45) is 1.71. The van der Waals surface area contributed by atoms with Gasteiger partial charge in [0.1, 0.15) is 17.3 Å². The molecule has 0 spiro atoms. The number of halogens is 1. The van der Waals surface area contributed by atoms with E-state index >= 15 is 0 Å². The van der Waals surface area contributed by atoms with Crippen molar-refractivity contribution in [3.05, 3.63) is 40.9 Å². The van der Waals surface area contributed by atoms with Gasteiger partial charge in [-0.2, -0.15) is 0 Å². The van der Waals surface area contributed by atoms with Gasteiger partial charge >= 0.3 is 0 Å². The van der Waals surface area contributed by atoms with E-state index in [1.54, 1.807) is 12.3 Å². The number of hydrogen-bond acceptors (Lipinski definition) is 4. The minimum atomic E-state index is 0.619. The van der Waals surface area contributed by atoms with Crippen LogP contribution >= 0.6 is 11.6 Å². The summed E-state index contributed by atoms with van der Waals surface area (Å²) < 4.78 is 5.00. The van der Waals surface area contributed by atoms with Gasteiger partial charge in [-0.05, 0) is 19.1 Å². The van der Waals surface area contributed by atoms with Crippen molar-refractivity contribution in [1.29, 1.82) is 0 Å². The number of aromatic nitrogens is 2. The Morgan fingerprint density at radius 3 is 2.94 bits per heavy atom. The molecule has 5 heteroatoms. The van der Waals surface area contributed by atoms with Gasteiger partial charge in [0.2, 0.25) is 0 Å². The molecule has 0 aliphatic carbocycles. The summed E-state index contributed by atoms with van der Waals surface area (Å²) in [6, 6.07) is 5.52. The highest BCUT2D eigenvalue weighted by molar-refractivity contribution is 6.32. The number of rotatable bonds is 3. The van der Waals surface area contributed by atoms with Crippen LogP contribution in [0.3, 0.4) is 0 Å². The lowest BCUT2D eigenvalue weighted by Crippen LogP contribution is -2.18. The molecule has 2 rings (SSSR count). The van der Waals surface area contributed by atoms with Gasteiger partial charge in [0.05, 0.1) is 11.6 Å². The van der Waals surface area contributed by atoms with Crippen LogP contribution in [0.2, 0.25) is 5.02 Å². The van der Waals surface area contributed by atoms with E-state index in [9.17, 15) is 0 Å². The molecule has 16 heavy (non-hydrogen) atoms. The van der Waals surface area contributed by atoms with Crippen LogP contribution in [-0.4, -0.2) is 17.2 Å². The Balaban J connectivity index is 2.14. The third-order valence-electron chi connectivity index (χ3n) is 2.18. The topological polar surface area (TPSA) is 42.2 Å². The normalized spacial score (nSPS) is 10.4. The molecule has 84 valence electrons. The maximum Gasteiger partial charge on any atom is 0.147 e. The van der Waals surface area contributed by atoms with Gasteiger partial charge in [0.25, 0.3) is 0 Å².